The Labute approximate surface area is 123 Å². The van der Waals surface area contributed by atoms with Crippen LogP contribution in [0.2, 0.25) is 0 Å². The van der Waals surface area contributed by atoms with E-state index in [0.29, 0.717) is 17.9 Å². The fourth-order valence-corrected chi connectivity index (χ4v) is 4.42. The molecule has 0 bridgehead atoms. The largest absolute Gasteiger partial charge is 0.370 e. The quantitative estimate of drug-likeness (QED) is 0.794. The topological polar surface area (TPSA) is 29.5 Å². The first-order valence-corrected chi connectivity index (χ1v) is 8.57. The van der Waals surface area contributed by atoms with Crippen molar-refractivity contribution in [2.75, 3.05) is 13.6 Å². The van der Waals surface area contributed by atoms with Crippen LogP contribution >= 0.6 is 0 Å². The summed E-state index contributed by atoms with van der Waals surface area (Å²) in [5, 5.41) is 0. The third-order valence-corrected chi connectivity index (χ3v) is 5.73. The lowest BCUT2D eigenvalue weighted by molar-refractivity contribution is -0.121. The van der Waals surface area contributed by atoms with Crippen LogP contribution in [0.25, 0.3) is 0 Å². The lowest BCUT2D eigenvalue weighted by atomic mass is 9.83. The zero-order valence-corrected chi connectivity index (χ0v) is 12.9. The summed E-state index contributed by atoms with van der Waals surface area (Å²) in [5.74, 6) is 0.452. The van der Waals surface area contributed by atoms with Crippen LogP contribution in [0.3, 0.4) is 0 Å². The molecule has 114 valence electrons. The number of carbonyl (C=O) groups is 1. The number of rotatable bonds is 3. The normalized spacial score (nSPS) is 31.3. The summed E-state index contributed by atoms with van der Waals surface area (Å²) in [6.07, 6.45) is 13.3. The van der Waals surface area contributed by atoms with E-state index in [2.05, 4.69) is 11.9 Å². The average Bonchev–Trinajstić information content (AvgIpc) is 2.83. The number of ether oxygens (including phenoxy) is 1. The van der Waals surface area contributed by atoms with Gasteiger partial charge < -0.3 is 9.64 Å². The third kappa shape index (κ3) is 3.25. The van der Waals surface area contributed by atoms with E-state index in [0.717, 1.165) is 32.2 Å². The second-order valence-corrected chi connectivity index (χ2v) is 7.23. The van der Waals surface area contributed by atoms with E-state index in [-0.39, 0.29) is 5.60 Å². The molecule has 1 atom stereocenters. The minimum Gasteiger partial charge on any atom is -0.370 e. The lowest BCUT2D eigenvalue weighted by Gasteiger charge is -2.35. The predicted molar refractivity (Wildman–Crippen MR) is 79.8 cm³/mol. The number of ketones is 1. The van der Waals surface area contributed by atoms with E-state index in [1.165, 1.54) is 44.9 Å². The molecule has 0 aromatic carbocycles. The smallest absolute Gasteiger partial charge is 0.133 e. The predicted octanol–water partition coefficient (Wildman–Crippen LogP) is 3.31. The van der Waals surface area contributed by atoms with Crippen LogP contribution in [0.5, 0.6) is 0 Å². The third-order valence-electron chi connectivity index (χ3n) is 5.73. The Morgan fingerprint density at radius 2 is 1.80 bits per heavy atom. The van der Waals surface area contributed by atoms with Crippen LogP contribution in [0, 0.1) is 0 Å². The highest BCUT2D eigenvalue weighted by Crippen LogP contribution is 2.42. The summed E-state index contributed by atoms with van der Waals surface area (Å²) in [7, 11) is 2.22. The van der Waals surface area contributed by atoms with Crippen molar-refractivity contribution in [1.82, 2.24) is 4.90 Å². The summed E-state index contributed by atoms with van der Waals surface area (Å²) in [6.45, 7) is 1.06. The van der Waals surface area contributed by atoms with Crippen molar-refractivity contribution >= 4 is 5.78 Å². The van der Waals surface area contributed by atoms with E-state index >= 15 is 0 Å². The number of Topliss-reactive ketones (excluding diaryl/α,β-unsaturated/α-hetero) is 1. The monoisotopic (exact) mass is 279 g/mol. The maximum Gasteiger partial charge on any atom is 0.133 e. The van der Waals surface area contributed by atoms with Crippen molar-refractivity contribution < 1.29 is 9.53 Å². The maximum absolute atomic E-state index is 11.3. The molecule has 3 heteroatoms. The molecule has 1 aliphatic heterocycles. The van der Waals surface area contributed by atoms with Crippen molar-refractivity contribution in [3.8, 4) is 0 Å². The van der Waals surface area contributed by atoms with Gasteiger partial charge in [0.1, 0.15) is 5.78 Å². The van der Waals surface area contributed by atoms with E-state index in [9.17, 15) is 4.79 Å². The molecule has 1 saturated heterocycles. The van der Waals surface area contributed by atoms with Gasteiger partial charge in [0.25, 0.3) is 0 Å². The minimum atomic E-state index is 0.242. The molecule has 0 amide bonds. The Morgan fingerprint density at radius 3 is 2.50 bits per heavy atom. The van der Waals surface area contributed by atoms with Crippen LogP contribution in [0.15, 0.2) is 0 Å². The maximum atomic E-state index is 11.3. The first kappa shape index (κ1) is 14.5. The molecule has 1 heterocycles. The molecule has 3 rings (SSSR count). The first-order chi connectivity index (χ1) is 9.67. The summed E-state index contributed by atoms with van der Waals surface area (Å²) in [4.78, 5) is 13.8. The van der Waals surface area contributed by atoms with E-state index in [1.807, 2.05) is 0 Å². The number of hydrogen-bond donors (Lipinski definition) is 0. The molecule has 0 aromatic rings. The second kappa shape index (κ2) is 6.15. The molecule has 2 saturated carbocycles. The zero-order chi connectivity index (χ0) is 14.0. The minimum absolute atomic E-state index is 0.242. The Morgan fingerprint density at radius 1 is 1.10 bits per heavy atom. The molecule has 3 aliphatic rings. The number of likely N-dealkylation sites (N-methyl/N-ethyl adjacent to an activating group) is 1. The Kier molecular flexibility index (Phi) is 4.46. The molecule has 20 heavy (non-hydrogen) atoms. The van der Waals surface area contributed by atoms with Crippen molar-refractivity contribution in [2.24, 2.45) is 0 Å². The summed E-state index contributed by atoms with van der Waals surface area (Å²) >= 11 is 0. The van der Waals surface area contributed by atoms with Crippen LogP contribution in [-0.2, 0) is 9.53 Å². The molecule has 0 N–H and O–H groups in total. The molecule has 2 aliphatic carbocycles. The van der Waals surface area contributed by atoms with Crippen molar-refractivity contribution in [2.45, 2.75) is 88.4 Å². The molecule has 3 nitrogen and oxygen atoms in total. The average molecular weight is 279 g/mol. The summed E-state index contributed by atoms with van der Waals surface area (Å²) < 4.78 is 6.46. The van der Waals surface area contributed by atoms with Gasteiger partial charge in [0.05, 0.1) is 11.7 Å². The van der Waals surface area contributed by atoms with Gasteiger partial charge in [-0.15, -0.1) is 0 Å². The Hall–Kier alpha value is -0.410. The van der Waals surface area contributed by atoms with Crippen molar-refractivity contribution in [3.05, 3.63) is 0 Å². The fraction of sp³-hybridized carbons (Fsp3) is 0.941. The number of carbonyl (C=O) groups excluding carboxylic acids is 1. The number of nitrogens with zero attached hydrogens (tertiary/aromatic N) is 1. The molecular weight excluding hydrogens is 250 g/mol. The molecule has 1 spiro atoms. The Bertz CT molecular complexity index is 339. The van der Waals surface area contributed by atoms with Gasteiger partial charge in [0, 0.05) is 25.4 Å². The van der Waals surface area contributed by atoms with Crippen LogP contribution in [0.4, 0.5) is 0 Å². The van der Waals surface area contributed by atoms with Crippen LogP contribution in [0.1, 0.15) is 70.6 Å². The van der Waals surface area contributed by atoms with Gasteiger partial charge in [0.15, 0.2) is 0 Å². The van der Waals surface area contributed by atoms with Gasteiger partial charge in [0.2, 0.25) is 0 Å². The summed E-state index contributed by atoms with van der Waals surface area (Å²) in [6, 6.07) is 0.596. The van der Waals surface area contributed by atoms with Gasteiger partial charge in [-0.05, 0) is 45.6 Å². The van der Waals surface area contributed by atoms with Gasteiger partial charge in [-0.2, -0.15) is 0 Å². The standard InChI is InChI=1S/C17H29NO2/c1-18(14-5-7-15(19)8-6-14)13-16-9-12-17(20-16)10-3-2-4-11-17/h14,16H,2-13H2,1H3. The van der Waals surface area contributed by atoms with Crippen molar-refractivity contribution in [3.63, 3.8) is 0 Å². The molecule has 1 unspecified atom stereocenters. The van der Waals surface area contributed by atoms with Crippen molar-refractivity contribution in [1.29, 1.82) is 0 Å². The molecule has 0 radical (unpaired) electrons. The lowest BCUT2D eigenvalue weighted by Crippen LogP contribution is -2.41. The SMILES string of the molecule is CN(CC1CCC2(CCCCC2)O1)C1CCC(=O)CC1. The number of hydrogen-bond acceptors (Lipinski definition) is 3. The highest BCUT2D eigenvalue weighted by atomic mass is 16.5. The Balaban J connectivity index is 1.47. The zero-order valence-electron chi connectivity index (χ0n) is 12.9. The van der Waals surface area contributed by atoms with Crippen LogP contribution in [-0.4, -0.2) is 42.0 Å². The highest BCUT2D eigenvalue weighted by molar-refractivity contribution is 5.79. The summed E-state index contributed by atoms with van der Waals surface area (Å²) in [5.41, 5.74) is 0.242. The fourth-order valence-electron chi connectivity index (χ4n) is 4.42. The molecule has 0 aromatic heterocycles. The highest BCUT2D eigenvalue weighted by Gasteiger charge is 2.41. The van der Waals surface area contributed by atoms with E-state index in [4.69, 9.17) is 4.74 Å². The second-order valence-electron chi connectivity index (χ2n) is 7.23. The van der Waals surface area contributed by atoms with E-state index < -0.39 is 0 Å². The molecule has 3 fully saturated rings. The van der Waals surface area contributed by atoms with E-state index in [1.54, 1.807) is 0 Å². The van der Waals surface area contributed by atoms with Gasteiger partial charge in [-0.25, -0.2) is 0 Å². The van der Waals surface area contributed by atoms with Gasteiger partial charge >= 0.3 is 0 Å². The molecular formula is C17H29NO2. The van der Waals surface area contributed by atoms with Gasteiger partial charge in [-0.3, -0.25) is 4.79 Å². The van der Waals surface area contributed by atoms with Crippen LogP contribution < -0.4 is 0 Å². The van der Waals surface area contributed by atoms with Gasteiger partial charge in [-0.1, -0.05) is 19.3 Å². The first-order valence-electron chi connectivity index (χ1n) is 8.57.